The van der Waals surface area contributed by atoms with Crippen LogP contribution in [0.25, 0.3) is 0 Å². The second-order valence-electron chi connectivity index (χ2n) is 6.12. The molecular weight excluding hydrogens is 322 g/mol. The van der Waals surface area contributed by atoms with E-state index in [0.29, 0.717) is 12.1 Å². The standard InChI is InChI=1S/C18H19N3O2S/c1-20(2)16-11-15-5-3-4-6-18(15)21(13-16)24(22,23)17-9-7-14(12-19)8-10-17/h3-10,16H,11,13H2,1-2H3. The van der Waals surface area contributed by atoms with Gasteiger partial charge in [-0.1, -0.05) is 18.2 Å². The van der Waals surface area contributed by atoms with Crippen molar-refractivity contribution < 1.29 is 8.42 Å². The van der Waals surface area contributed by atoms with Crippen LogP contribution in [-0.4, -0.2) is 40.0 Å². The van der Waals surface area contributed by atoms with Gasteiger partial charge in [0, 0.05) is 6.04 Å². The van der Waals surface area contributed by atoms with Crippen LogP contribution in [0.4, 0.5) is 5.69 Å². The molecule has 0 aromatic heterocycles. The van der Waals surface area contributed by atoms with Crippen molar-refractivity contribution in [3.63, 3.8) is 0 Å². The van der Waals surface area contributed by atoms with Gasteiger partial charge in [0.15, 0.2) is 0 Å². The zero-order valence-corrected chi connectivity index (χ0v) is 14.5. The van der Waals surface area contributed by atoms with Crippen molar-refractivity contribution in [1.82, 2.24) is 4.90 Å². The molecule has 1 aliphatic heterocycles. The average molecular weight is 341 g/mol. The molecule has 2 aromatic carbocycles. The van der Waals surface area contributed by atoms with E-state index < -0.39 is 10.0 Å². The maximum atomic E-state index is 13.1. The molecule has 0 aliphatic carbocycles. The molecule has 0 amide bonds. The minimum atomic E-state index is -3.67. The van der Waals surface area contributed by atoms with Gasteiger partial charge in [-0.2, -0.15) is 5.26 Å². The Kier molecular flexibility index (Phi) is 4.31. The number of hydrogen-bond acceptors (Lipinski definition) is 4. The number of hydrogen-bond donors (Lipinski definition) is 0. The summed E-state index contributed by atoms with van der Waals surface area (Å²) in [4.78, 5) is 2.26. The van der Waals surface area contributed by atoms with Crippen LogP contribution in [0.3, 0.4) is 0 Å². The smallest absolute Gasteiger partial charge is 0.264 e. The monoisotopic (exact) mass is 341 g/mol. The summed E-state index contributed by atoms with van der Waals surface area (Å²) in [5.41, 5.74) is 2.21. The molecule has 0 bridgehead atoms. The maximum Gasteiger partial charge on any atom is 0.264 e. The molecule has 2 aromatic rings. The number of benzene rings is 2. The van der Waals surface area contributed by atoms with Crippen LogP contribution in [0.1, 0.15) is 11.1 Å². The first-order chi connectivity index (χ1) is 11.4. The minimum Gasteiger partial charge on any atom is -0.304 e. The minimum absolute atomic E-state index is 0.119. The Bertz CT molecular complexity index is 883. The SMILES string of the molecule is CN(C)C1Cc2ccccc2N(S(=O)(=O)c2ccc(C#N)cc2)C1. The highest BCUT2D eigenvalue weighted by molar-refractivity contribution is 7.92. The predicted octanol–water partition coefficient (Wildman–Crippen LogP) is 2.24. The van der Waals surface area contributed by atoms with E-state index in [1.54, 1.807) is 0 Å². The Morgan fingerprint density at radius 1 is 1.12 bits per heavy atom. The van der Waals surface area contributed by atoms with Crippen LogP contribution < -0.4 is 4.31 Å². The lowest BCUT2D eigenvalue weighted by atomic mass is 9.99. The number of sulfonamides is 1. The highest BCUT2D eigenvalue weighted by Crippen LogP contribution is 2.32. The van der Waals surface area contributed by atoms with Crippen LogP contribution in [0.2, 0.25) is 0 Å². The molecule has 1 atom stereocenters. The normalized spacial score (nSPS) is 17.4. The van der Waals surface area contributed by atoms with Crippen molar-refractivity contribution in [2.24, 2.45) is 0 Å². The summed E-state index contributed by atoms with van der Waals surface area (Å²) >= 11 is 0. The fraction of sp³-hybridized carbons (Fsp3) is 0.278. The fourth-order valence-corrected chi connectivity index (χ4v) is 4.48. The summed E-state index contributed by atoms with van der Waals surface area (Å²) in [5.74, 6) is 0. The fourth-order valence-electron chi connectivity index (χ4n) is 2.94. The summed E-state index contributed by atoms with van der Waals surface area (Å²) in [6, 6.07) is 15.8. The van der Waals surface area contributed by atoms with E-state index in [1.165, 1.54) is 28.6 Å². The van der Waals surface area contributed by atoms with Gasteiger partial charge < -0.3 is 4.90 Å². The molecule has 3 rings (SSSR count). The number of nitrogens with zero attached hydrogens (tertiary/aromatic N) is 3. The summed E-state index contributed by atoms with van der Waals surface area (Å²) in [5, 5.41) is 8.89. The third-order valence-electron chi connectivity index (χ3n) is 4.39. The van der Waals surface area contributed by atoms with E-state index in [1.807, 2.05) is 44.4 Å². The van der Waals surface area contributed by atoms with Gasteiger partial charge in [-0.3, -0.25) is 4.31 Å². The van der Waals surface area contributed by atoms with Gasteiger partial charge in [-0.05, 0) is 56.4 Å². The van der Waals surface area contributed by atoms with E-state index in [-0.39, 0.29) is 10.9 Å². The maximum absolute atomic E-state index is 13.1. The first-order valence-corrected chi connectivity index (χ1v) is 9.14. The van der Waals surface area contributed by atoms with E-state index in [0.717, 1.165) is 17.7 Å². The quantitative estimate of drug-likeness (QED) is 0.859. The number of para-hydroxylation sites is 1. The summed E-state index contributed by atoms with van der Waals surface area (Å²) in [6.45, 7) is 0.409. The van der Waals surface area contributed by atoms with E-state index >= 15 is 0 Å². The Labute approximate surface area is 142 Å². The topological polar surface area (TPSA) is 64.4 Å². The van der Waals surface area contributed by atoms with E-state index in [2.05, 4.69) is 4.90 Å². The summed E-state index contributed by atoms with van der Waals surface area (Å²) in [7, 11) is 0.257. The zero-order valence-electron chi connectivity index (χ0n) is 13.7. The van der Waals surface area contributed by atoms with Crippen molar-refractivity contribution in [3.05, 3.63) is 59.7 Å². The van der Waals surface area contributed by atoms with Crippen molar-refractivity contribution in [2.75, 3.05) is 24.9 Å². The Morgan fingerprint density at radius 3 is 2.42 bits per heavy atom. The van der Waals surface area contributed by atoms with E-state index in [9.17, 15) is 8.42 Å². The molecule has 0 saturated heterocycles. The molecule has 124 valence electrons. The molecule has 1 heterocycles. The zero-order chi connectivity index (χ0) is 17.3. The number of rotatable bonds is 3. The number of fused-ring (bicyclic) bond motifs is 1. The van der Waals surface area contributed by atoms with Crippen molar-refractivity contribution in [2.45, 2.75) is 17.4 Å². The van der Waals surface area contributed by atoms with Gasteiger partial charge in [0.25, 0.3) is 10.0 Å². The molecule has 1 aliphatic rings. The molecule has 0 fully saturated rings. The lowest BCUT2D eigenvalue weighted by Crippen LogP contribution is -2.48. The molecular formula is C18H19N3O2S. The van der Waals surface area contributed by atoms with Crippen molar-refractivity contribution in [3.8, 4) is 6.07 Å². The summed E-state index contributed by atoms with van der Waals surface area (Å²) < 4.78 is 27.8. The van der Waals surface area contributed by atoms with Crippen LogP contribution >= 0.6 is 0 Å². The third-order valence-corrected chi connectivity index (χ3v) is 6.19. The number of likely N-dealkylation sites (N-methyl/N-ethyl adjacent to an activating group) is 1. The highest BCUT2D eigenvalue weighted by Gasteiger charge is 2.33. The largest absolute Gasteiger partial charge is 0.304 e. The molecule has 0 radical (unpaired) electrons. The van der Waals surface area contributed by atoms with E-state index in [4.69, 9.17) is 5.26 Å². The second kappa shape index (κ2) is 6.27. The lowest BCUT2D eigenvalue weighted by molar-refractivity contribution is 0.293. The van der Waals surface area contributed by atoms with Crippen LogP contribution in [-0.2, 0) is 16.4 Å². The molecule has 1 unspecified atom stereocenters. The molecule has 24 heavy (non-hydrogen) atoms. The molecule has 0 saturated carbocycles. The number of nitriles is 1. The second-order valence-corrected chi connectivity index (χ2v) is 7.98. The van der Waals surface area contributed by atoms with Gasteiger partial charge in [0.1, 0.15) is 0 Å². The molecule has 6 heteroatoms. The van der Waals surface area contributed by atoms with Crippen LogP contribution in [0, 0.1) is 11.3 Å². The van der Waals surface area contributed by atoms with Gasteiger partial charge >= 0.3 is 0 Å². The third kappa shape index (κ3) is 2.88. The van der Waals surface area contributed by atoms with Gasteiger partial charge in [0.2, 0.25) is 0 Å². The lowest BCUT2D eigenvalue weighted by Gasteiger charge is -2.38. The molecule has 0 spiro atoms. The van der Waals surface area contributed by atoms with Crippen LogP contribution in [0.5, 0.6) is 0 Å². The average Bonchev–Trinajstić information content (AvgIpc) is 2.60. The van der Waals surface area contributed by atoms with Crippen LogP contribution in [0.15, 0.2) is 53.4 Å². The predicted molar refractivity (Wildman–Crippen MR) is 93.3 cm³/mol. The van der Waals surface area contributed by atoms with Crippen molar-refractivity contribution in [1.29, 1.82) is 5.26 Å². The summed E-state index contributed by atoms with van der Waals surface area (Å²) in [6.07, 6.45) is 0.822. The molecule has 0 N–H and O–H groups in total. The van der Waals surface area contributed by atoms with Gasteiger partial charge in [-0.25, -0.2) is 8.42 Å². The Balaban J connectivity index is 2.07. The Hall–Kier alpha value is -2.36. The van der Waals surface area contributed by atoms with Gasteiger partial charge in [-0.15, -0.1) is 0 Å². The van der Waals surface area contributed by atoms with Gasteiger partial charge in [0.05, 0.1) is 28.8 Å². The highest BCUT2D eigenvalue weighted by atomic mass is 32.2. The van der Waals surface area contributed by atoms with Crippen molar-refractivity contribution >= 4 is 15.7 Å². The molecule has 5 nitrogen and oxygen atoms in total. The Morgan fingerprint density at radius 2 is 1.79 bits per heavy atom. The number of anilines is 1. The first kappa shape index (κ1) is 16.5. The first-order valence-electron chi connectivity index (χ1n) is 7.70.